The molecule has 0 radical (unpaired) electrons. The van der Waals surface area contributed by atoms with Gasteiger partial charge in [-0.1, -0.05) is 34.1 Å². The van der Waals surface area contributed by atoms with E-state index in [-0.39, 0.29) is 0 Å². The molecule has 0 aliphatic carbocycles. The van der Waals surface area contributed by atoms with Gasteiger partial charge in [-0.25, -0.2) is 0 Å². The van der Waals surface area contributed by atoms with E-state index in [0.29, 0.717) is 5.41 Å². The zero-order valence-corrected chi connectivity index (χ0v) is 12.4. The summed E-state index contributed by atoms with van der Waals surface area (Å²) in [6.45, 7) is 14.2. The standard InChI is InChI=1S/C15H32N2/c1-5-10-15(4,12-16-7-3)13-17-11-8-9-14(17)6-2/h14,16H,5-13H2,1-4H3. The van der Waals surface area contributed by atoms with Crippen LogP contribution >= 0.6 is 0 Å². The Morgan fingerprint density at radius 2 is 2.06 bits per heavy atom. The van der Waals surface area contributed by atoms with E-state index >= 15 is 0 Å². The van der Waals surface area contributed by atoms with Gasteiger partial charge in [-0.3, -0.25) is 4.90 Å². The van der Waals surface area contributed by atoms with Gasteiger partial charge in [-0.05, 0) is 44.2 Å². The minimum atomic E-state index is 0.461. The molecular formula is C15H32N2. The molecule has 1 aliphatic heterocycles. The van der Waals surface area contributed by atoms with E-state index in [1.807, 2.05) is 0 Å². The van der Waals surface area contributed by atoms with E-state index in [1.165, 1.54) is 51.7 Å². The van der Waals surface area contributed by atoms with Crippen molar-refractivity contribution in [3.05, 3.63) is 0 Å². The van der Waals surface area contributed by atoms with Crippen molar-refractivity contribution in [3.63, 3.8) is 0 Å². The maximum atomic E-state index is 3.55. The second-order valence-corrected chi connectivity index (χ2v) is 6.02. The average molecular weight is 240 g/mol. The third-order valence-corrected chi connectivity index (χ3v) is 4.21. The summed E-state index contributed by atoms with van der Waals surface area (Å²) in [5, 5.41) is 3.55. The van der Waals surface area contributed by atoms with Crippen molar-refractivity contribution in [1.82, 2.24) is 10.2 Å². The Kier molecular flexibility index (Phi) is 6.50. The van der Waals surface area contributed by atoms with E-state index in [0.717, 1.165) is 12.6 Å². The lowest BCUT2D eigenvalue weighted by Crippen LogP contribution is -2.44. The van der Waals surface area contributed by atoms with Crippen LogP contribution < -0.4 is 5.32 Å². The van der Waals surface area contributed by atoms with E-state index in [2.05, 4.69) is 37.9 Å². The molecule has 0 saturated carbocycles. The fourth-order valence-electron chi connectivity index (χ4n) is 3.31. The molecule has 2 atom stereocenters. The van der Waals surface area contributed by atoms with E-state index in [4.69, 9.17) is 0 Å². The second-order valence-electron chi connectivity index (χ2n) is 6.02. The van der Waals surface area contributed by atoms with Crippen molar-refractivity contribution in [2.24, 2.45) is 5.41 Å². The molecule has 0 bridgehead atoms. The zero-order chi connectivity index (χ0) is 12.7. The molecule has 17 heavy (non-hydrogen) atoms. The van der Waals surface area contributed by atoms with Crippen molar-refractivity contribution < 1.29 is 0 Å². The van der Waals surface area contributed by atoms with Crippen molar-refractivity contribution >= 4 is 0 Å². The lowest BCUT2D eigenvalue weighted by atomic mass is 9.84. The molecule has 0 spiro atoms. The SMILES string of the molecule is CCCC(C)(CNCC)CN1CCCC1CC. The van der Waals surface area contributed by atoms with Gasteiger partial charge in [0.15, 0.2) is 0 Å². The van der Waals surface area contributed by atoms with E-state index in [9.17, 15) is 0 Å². The molecule has 2 unspecified atom stereocenters. The van der Waals surface area contributed by atoms with Crippen LogP contribution in [-0.2, 0) is 0 Å². The Labute approximate surface area is 108 Å². The summed E-state index contributed by atoms with van der Waals surface area (Å²) in [5.74, 6) is 0. The van der Waals surface area contributed by atoms with Gasteiger partial charge in [-0.15, -0.1) is 0 Å². The van der Waals surface area contributed by atoms with Crippen LogP contribution in [-0.4, -0.2) is 37.1 Å². The number of hydrogen-bond acceptors (Lipinski definition) is 2. The summed E-state index contributed by atoms with van der Waals surface area (Å²) in [5.41, 5.74) is 0.461. The number of nitrogens with zero attached hydrogens (tertiary/aromatic N) is 1. The lowest BCUT2D eigenvalue weighted by Gasteiger charge is -2.36. The number of rotatable bonds is 8. The molecule has 0 aromatic rings. The Bertz CT molecular complexity index is 205. The van der Waals surface area contributed by atoms with Crippen LogP contribution in [0.4, 0.5) is 0 Å². The summed E-state index contributed by atoms with van der Waals surface area (Å²) in [6, 6.07) is 0.854. The highest BCUT2D eigenvalue weighted by atomic mass is 15.2. The predicted octanol–water partition coefficient (Wildman–Crippen LogP) is 3.28. The van der Waals surface area contributed by atoms with Crippen molar-refractivity contribution in [1.29, 1.82) is 0 Å². The van der Waals surface area contributed by atoms with Crippen LogP contribution in [0.5, 0.6) is 0 Å². The molecule has 1 saturated heterocycles. The van der Waals surface area contributed by atoms with Gasteiger partial charge in [0, 0.05) is 19.1 Å². The van der Waals surface area contributed by atoms with Gasteiger partial charge in [0.25, 0.3) is 0 Å². The Balaban J connectivity index is 2.52. The third-order valence-electron chi connectivity index (χ3n) is 4.21. The number of likely N-dealkylation sites (tertiary alicyclic amines) is 1. The smallest absolute Gasteiger partial charge is 0.00933 e. The molecule has 0 aromatic heterocycles. The summed E-state index contributed by atoms with van der Waals surface area (Å²) >= 11 is 0. The summed E-state index contributed by atoms with van der Waals surface area (Å²) < 4.78 is 0. The Hall–Kier alpha value is -0.0800. The molecule has 0 amide bonds. The van der Waals surface area contributed by atoms with Gasteiger partial charge in [0.1, 0.15) is 0 Å². The first-order valence-corrected chi connectivity index (χ1v) is 7.60. The predicted molar refractivity (Wildman–Crippen MR) is 76.4 cm³/mol. The van der Waals surface area contributed by atoms with Gasteiger partial charge in [0.05, 0.1) is 0 Å². The lowest BCUT2D eigenvalue weighted by molar-refractivity contribution is 0.137. The molecule has 0 aromatic carbocycles. The maximum absolute atomic E-state index is 3.55. The van der Waals surface area contributed by atoms with Crippen LogP contribution in [0.25, 0.3) is 0 Å². The molecule has 1 heterocycles. The van der Waals surface area contributed by atoms with Crippen molar-refractivity contribution in [2.45, 2.75) is 65.8 Å². The minimum absolute atomic E-state index is 0.461. The molecule has 1 fully saturated rings. The fraction of sp³-hybridized carbons (Fsp3) is 1.00. The normalized spacial score (nSPS) is 25.1. The first-order valence-electron chi connectivity index (χ1n) is 7.60. The Morgan fingerprint density at radius 1 is 1.29 bits per heavy atom. The Morgan fingerprint density at radius 3 is 2.65 bits per heavy atom. The van der Waals surface area contributed by atoms with Crippen LogP contribution in [0.3, 0.4) is 0 Å². The van der Waals surface area contributed by atoms with Crippen molar-refractivity contribution in [2.75, 3.05) is 26.2 Å². The minimum Gasteiger partial charge on any atom is -0.316 e. The van der Waals surface area contributed by atoms with Gasteiger partial charge in [0.2, 0.25) is 0 Å². The highest BCUT2D eigenvalue weighted by molar-refractivity contribution is 4.86. The molecule has 102 valence electrons. The second kappa shape index (κ2) is 7.38. The monoisotopic (exact) mass is 240 g/mol. The summed E-state index contributed by atoms with van der Waals surface area (Å²) in [7, 11) is 0. The van der Waals surface area contributed by atoms with Gasteiger partial charge in [-0.2, -0.15) is 0 Å². The molecule has 1 rings (SSSR count). The average Bonchev–Trinajstić information content (AvgIpc) is 2.74. The molecule has 1 aliphatic rings. The fourth-order valence-corrected chi connectivity index (χ4v) is 3.31. The topological polar surface area (TPSA) is 15.3 Å². The van der Waals surface area contributed by atoms with Gasteiger partial charge >= 0.3 is 0 Å². The summed E-state index contributed by atoms with van der Waals surface area (Å²) in [4.78, 5) is 2.74. The number of nitrogens with one attached hydrogen (secondary N) is 1. The summed E-state index contributed by atoms with van der Waals surface area (Å²) in [6.07, 6.45) is 6.78. The van der Waals surface area contributed by atoms with E-state index in [1.54, 1.807) is 0 Å². The molecule has 2 heteroatoms. The molecule has 1 N–H and O–H groups in total. The largest absolute Gasteiger partial charge is 0.316 e. The third kappa shape index (κ3) is 4.59. The van der Waals surface area contributed by atoms with Crippen LogP contribution in [0.15, 0.2) is 0 Å². The van der Waals surface area contributed by atoms with Crippen LogP contribution in [0.1, 0.15) is 59.8 Å². The molecular weight excluding hydrogens is 208 g/mol. The van der Waals surface area contributed by atoms with Crippen LogP contribution in [0.2, 0.25) is 0 Å². The van der Waals surface area contributed by atoms with Crippen molar-refractivity contribution in [3.8, 4) is 0 Å². The van der Waals surface area contributed by atoms with E-state index < -0.39 is 0 Å². The highest BCUT2D eigenvalue weighted by Gasteiger charge is 2.31. The first-order chi connectivity index (χ1) is 8.15. The number of hydrogen-bond donors (Lipinski definition) is 1. The van der Waals surface area contributed by atoms with Crippen LogP contribution in [0, 0.1) is 5.41 Å². The zero-order valence-electron chi connectivity index (χ0n) is 12.4. The quantitative estimate of drug-likeness (QED) is 0.700. The first kappa shape index (κ1) is 15.0. The highest BCUT2D eigenvalue weighted by Crippen LogP contribution is 2.29. The maximum Gasteiger partial charge on any atom is 0.00933 e. The molecule has 2 nitrogen and oxygen atoms in total. The van der Waals surface area contributed by atoms with Gasteiger partial charge < -0.3 is 5.32 Å².